The summed E-state index contributed by atoms with van der Waals surface area (Å²) in [6.07, 6.45) is 2.24. The van der Waals surface area contributed by atoms with Crippen LogP contribution in [0.15, 0.2) is 0 Å². The lowest BCUT2D eigenvalue weighted by Crippen LogP contribution is -2.40. The number of ether oxygens (including phenoxy) is 2. The molecule has 0 aromatic carbocycles. The topological polar surface area (TPSA) is 45.5 Å². The van der Waals surface area contributed by atoms with E-state index in [2.05, 4.69) is 4.90 Å². The molecule has 0 aliphatic carbocycles. The van der Waals surface area contributed by atoms with Crippen LogP contribution in [0.2, 0.25) is 0 Å². The molecular formula is C15H34N2O2. The highest BCUT2D eigenvalue weighted by molar-refractivity contribution is 5.75. The van der Waals surface area contributed by atoms with Gasteiger partial charge in [-0.25, -0.2) is 0 Å². The van der Waals surface area contributed by atoms with Crippen LogP contribution < -0.4 is 0 Å². The zero-order valence-corrected chi connectivity index (χ0v) is 13.8. The second-order valence-corrected chi connectivity index (χ2v) is 3.93. The zero-order valence-electron chi connectivity index (χ0n) is 13.8. The van der Waals surface area contributed by atoms with Crippen LogP contribution >= 0.6 is 0 Å². The Morgan fingerprint density at radius 2 is 1.89 bits per heavy atom. The Hall–Kier alpha value is -0.610. The summed E-state index contributed by atoms with van der Waals surface area (Å²) in [5.74, 6) is 0.746. The van der Waals surface area contributed by atoms with E-state index in [4.69, 9.17) is 14.9 Å². The summed E-state index contributed by atoms with van der Waals surface area (Å²) in [6, 6.07) is 0. The SMILES string of the molecule is CC.CC.CCOC(=N)C1CCCN(CCOC)C1. The predicted molar refractivity (Wildman–Crippen MR) is 83.1 cm³/mol. The number of rotatable bonds is 5. The smallest absolute Gasteiger partial charge is 0.184 e. The van der Waals surface area contributed by atoms with E-state index in [1.54, 1.807) is 7.11 Å². The molecule has 0 spiro atoms. The molecule has 1 rings (SSSR count). The number of nitrogens with one attached hydrogen (secondary N) is 1. The highest BCUT2D eigenvalue weighted by Crippen LogP contribution is 2.17. The molecule has 0 aromatic heterocycles. The van der Waals surface area contributed by atoms with Gasteiger partial charge in [-0.3, -0.25) is 5.41 Å². The highest BCUT2D eigenvalue weighted by Gasteiger charge is 2.23. The molecule has 19 heavy (non-hydrogen) atoms. The summed E-state index contributed by atoms with van der Waals surface area (Å²) < 4.78 is 10.3. The number of likely N-dealkylation sites (tertiary alicyclic amines) is 1. The maximum atomic E-state index is 7.77. The number of hydrogen-bond acceptors (Lipinski definition) is 4. The third-order valence-corrected chi connectivity index (χ3v) is 2.79. The molecule has 1 atom stereocenters. The van der Waals surface area contributed by atoms with Gasteiger partial charge in [0.1, 0.15) is 0 Å². The molecule has 0 amide bonds. The minimum absolute atomic E-state index is 0.288. The summed E-state index contributed by atoms with van der Waals surface area (Å²) >= 11 is 0. The number of hydrogen-bond donors (Lipinski definition) is 1. The quantitative estimate of drug-likeness (QED) is 0.617. The second-order valence-electron chi connectivity index (χ2n) is 3.93. The Bertz CT molecular complexity index is 199. The van der Waals surface area contributed by atoms with Gasteiger partial charge in [0, 0.05) is 26.1 Å². The van der Waals surface area contributed by atoms with Crippen LogP contribution in [0.3, 0.4) is 0 Å². The summed E-state index contributed by atoms with van der Waals surface area (Å²) in [7, 11) is 1.73. The Morgan fingerprint density at radius 1 is 1.26 bits per heavy atom. The first-order valence-electron chi connectivity index (χ1n) is 7.70. The molecule has 1 aliphatic heterocycles. The summed E-state index contributed by atoms with van der Waals surface area (Å²) in [6.45, 7) is 14.3. The molecule has 1 saturated heterocycles. The Balaban J connectivity index is 0. The minimum atomic E-state index is 0.288. The van der Waals surface area contributed by atoms with E-state index in [0.29, 0.717) is 12.5 Å². The van der Waals surface area contributed by atoms with Crippen molar-refractivity contribution in [3.63, 3.8) is 0 Å². The van der Waals surface area contributed by atoms with Crippen LogP contribution in [-0.4, -0.2) is 50.8 Å². The van der Waals surface area contributed by atoms with Crippen LogP contribution in [0, 0.1) is 11.3 Å². The average molecular weight is 274 g/mol. The number of piperidine rings is 1. The maximum absolute atomic E-state index is 7.77. The van der Waals surface area contributed by atoms with Gasteiger partial charge in [0.25, 0.3) is 0 Å². The van der Waals surface area contributed by atoms with Crippen LogP contribution in [0.1, 0.15) is 47.5 Å². The molecule has 0 saturated carbocycles. The molecule has 1 fully saturated rings. The van der Waals surface area contributed by atoms with Gasteiger partial charge in [0.05, 0.1) is 13.2 Å². The Morgan fingerprint density at radius 3 is 2.42 bits per heavy atom. The number of nitrogens with zero attached hydrogens (tertiary/aromatic N) is 1. The summed E-state index contributed by atoms with van der Waals surface area (Å²) in [4.78, 5) is 2.35. The fourth-order valence-corrected chi connectivity index (χ4v) is 1.97. The van der Waals surface area contributed by atoms with Gasteiger partial charge in [-0.15, -0.1) is 0 Å². The van der Waals surface area contributed by atoms with Gasteiger partial charge >= 0.3 is 0 Å². The average Bonchev–Trinajstić information content (AvgIpc) is 2.50. The van der Waals surface area contributed by atoms with Crippen molar-refractivity contribution in [2.75, 3.05) is 40.0 Å². The fourth-order valence-electron chi connectivity index (χ4n) is 1.97. The zero-order chi connectivity index (χ0) is 15.1. The first-order chi connectivity index (χ1) is 9.27. The van der Waals surface area contributed by atoms with E-state index in [1.807, 2.05) is 34.6 Å². The monoisotopic (exact) mass is 274 g/mol. The van der Waals surface area contributed by atoms with E-state index in [9.17, 15) is 0 Å². The van der Waals surface area contributed by atoms with Crippen molar-refractivity contribution < 1.29 is 9.47 Å². The molecule has 1 N–H and O–H groups in total. The maximum Gasteiger partial charge on any atom is 0.184 e. The molecule has 4 nitrogen and oxygen atoms in total. The highest BCUT2D eigenvalue weighted by atomic mass is 16.5. The van der Waals surface area contributed by atoms with Crippen LogP contribution in [0.5, 0.6) is 0 Å². The normalized spacial score (nSPS) is 18.5. The number of methoxy groups -OCH3 is 1. The standard InChI is InChI=1S/C11H22N2O2.2C2H6/c1-3-15-11(12)10-5-4-6-13(9-10)7-8-14-2;2*1-2/h10,12H,3-9H2,1-2H3;2*1-2H3. The van der Waals surface area contributed by atoms with Crippen LogP contribution in [0.4, 0.5) is 0 Å². The molecule has 4 heteroatoms. The molecule has 1 unspecified atom stereocenters. The van der Waals surface area contributed by atoms with E-state index in [0.717, 1.165) is 39.1 Å². The molecule has 0 aromatic rings. The van der Waals surface area contributed by atoms with Crippen molar-refractivity contribution in [1.29, 1.82) is 5.41 Å². The first-order valence-corrected chi connectivity index (χ1v) is 7.70. The van der Waals surface area contributed by atoms with Crippen molar-refractivity contribution >= 4 is 5.90 Å². The predicted octanol–water partition coefficient (Wildman–Crippen LogP) is 3.41. The van der Waals surface area contributed by atoms with Crippen molar-refractivity contribution in [2.45, 2.75) is 47.5 Å². The molecule has 0 radical (unpaired) electrons. The minimum Gasteiger partial charge on any atom is -0.481 e. The van der Waals surface area contributed by atoms with E-state index in [1.165, 1.54) is 0 Å². The van der Waals surface area contributed by atoms with Crippen molar-refractivity contribution in [1.82, 2.24) is 4.90 Å². The third-order valence-electron chi connectivity index (χ3n) is 2.79. The van der Waals surface area contributed by atoms with Crippen LogP contribution in [-0.2, 0) is 9.47 Å². The van der Waals surface area contributed by atoms with Gasteiger partial charge in [0.15, 0.2) is 5.90 Å². The van der Waals surface area contributed by atoms with Gasteiger partial charge in [-0.2, -0.15) is 0 Å². The van der Waals surface area contributed by atoms with Gasteiger partial charge in [0.2, 0.25) is 0 Å². The van der Waals surface area contributed by atoms with E-state index in [-0.39, 0.29) is 5.92 Å². The second kappa shape index (κ2) is 15.4. The van der Waals surface area contributed by atoms with Gasteiger partial charge in [-0.05, 0) is 26.3 Å². The molecule has 1 aliphatic rings. The van der Waals surface area contributed by atoms with Crippen molar-refractivity contribution in [2.24, 2.45) is 5.92 Å². The fraction of sp³-hybridized carbons (Fsp3) is 0.933. The summed E-state index contributed by atoms with van der Waals surface area (Å²) in [5.41, 5.74) is 0. The lowest BCUT2D eigenvalue weighted by Gasteiger charge is -2.32. The molecule has 116 valence electrons. The lowest BCUT2D eigenvalue weighted by atomic mass is 9.98. The van der Waals surface area contributed by atoms with E-state index < -0.39 is 0 Å². The van der Waals surface area contributed by atoms with Crippen molar-refractivity contribution in [3.8, 4) is 0 Å². The van der Waals surface area contributed by atoms with Crippen molar-refractivity contribution in [3.05, 3.63) is 0 Å². The first kappa shape index (κ1) is 20.7. The summed E-state index contributed by atoms with van der Waals surface area (Å²) in [5, 5.41) is 7.77. The largest absolute Gasteiger partial charge is 0.481 e. The third kappa shape index (κ3) is 9.91. The lowest BCUT2D eigenvalue weighted by molar-refractivity contribution is 0.120. The Labute approximate surface area is 120 Å². The van der Waals surface area contributed by atoms with Gasteiger partial charge in [-0.1, -0.05) is 27.7 Å². The van der Waals surface area contributed by atoms with Gasteiger partial charge < -0.3 is 14.4 Å². The molecule has 1 heterocycles. The Kier molecular flexibility index (Phi) is 16.8. The molecular weight excluding hydrogens is 240 g/mol. The van der Waals surface area contributed by atoms with Crippen LogP contribution in [0.25, 0.3) is 0 Å². The molecule has 0 bridgehead atoms. The van der Waals surface area contributed by atoms with E-state index >= 15 is 0 Å².